The smallest absolute Gasteiger partial charge is 0.119 e. The first-order valence-corrected chi connectivity index (χ1v) is 6.17. The maximum atomic E-state index is 10.1. The summed E-state index contributed by atoms with van der Waals surface area (Å²) in [4.78, 5) is 10.1. The normalized spacial score (nSPS) is 20.9. The summed E-state index contributed by atoms with van der Waals surface area (Å²) in [6, 6.07) is 0. The fourth-order valence-corrected chi connectivity index (χ4v) is 1.97. The Balaban J connectivity index is 1.96. The van der Waals surface area contributed by atoms with Crippen LogP contribution >= 0.6 is 0 Å². The van der Waals surface area contributed by atoms with Gasteiger partial charge in [-0.1, -0.05) is 24.3 Å². The molecule has 84 valence electrons. The lowest BCUT2D eigenvalue weighted by Gasteiger charge is -2.14. The third kappa shape index (κ3) is 6.27. The van der Waals surface area contributed by atoms with Crippen LogP contribution in [0.2, 0.25) is 0 Å². The van der Waals surface area contributed by atoms with E-state index in [0.29, 0.717) is 0 Å². The number of hydrogen-bond donors (Lipinski definition) is 0. The van der Waals surface area contributed by atoms with E-state index in [9.17, 15) is 4.79 Å². The summed E-state index contributed by atoms with van der Waals surface area (Å²) in [6.07, 6.45) is 19.4. The average molecular weight is 206 g/mol. The molecule has 1 unspecified atom stereocenters. The van der Waals surface area contributed by atoms with Crippen molar-refractivity contribution in [2.45, 2.75) is 51.4 Å². The Morgan fingerprint density at radius 1 is 1.13 bits per heavy atom. The molecule has 1 aliphatic rings. The van der Waals surface area contributed by atoms with Gasteiger partial charge in [0.05, 0.1) is 0 Å². The zero-order valence-electron chi connectivity index (χ0n) is 9.53. The molecule has 0 amide bonds. The molecular weight excluding hydrogens is 184 g/mol. The van der Waals surface area contributed by atoms with Crippen molar-refractivity contribution in [1.82, 2.24) is 0 Å². The van der Waals surface area contributed by atoms with E-state index in [1.54, 1.807) is 0 Å². The van der Waals surface area contributed by atoms with Crippen molar-refractivity contribution in [1.29, 1.82) is 0 Å². The lowest BCUT2D eigenvalue weighted by atomic mass is 9.91. The summed E-state index contributed by atoms with van der Waals surface area (Å²) in [6.45, 7) is 0. The summed E-state index contributed by atoms with van der Waals surface area (Å²) < 4.78 is 0. The Hall–Kier alpha value is -0.850. The van der Waals surface area contributed by atoms with Crippen LogP contribution < -0.4 is 0 Å². The third-order valence-corrected chi connectivity index (χ3v) is 2.96. The van der Waals surface area contributed by atoms with Crippen molar-refractivity contribution in [2.24, 2.45) is 5.92 Å². The molecule has 1 nitrogen and oxygen atoms in total. The van der Waals surface area contributed by atoms with Crippen LogP contribution in [-0.4, -0.2) is 6.29 Å². The number of allylic oxidation sites excluding steroid dienone is 4. The van der Waals surface area contributed by atoms with Gasteiger partial charge in [0.15, 0.2) is 0 Å². The minimum atomic E-state index is 0.723. The van der Waals surface area contributed by atoms with Gasteiger partial charge in [-0.15, -0.1) is 0 Å². The lowest BCUT2D eigenvalue weighted by molar-refractivity contribution is -0.107. The van der Waals surface area contributed by atoms with Gasteiger partial charge >= 0.3 is 0 Å². The van der Waals surface area contributed by atoms with Gasteiger partial charge < -0.3 is 4.79 Å². The van der Waals surface area contributed by atoms with Crippen molar-refractivity contribution in [2.75, 3.05) is 0 Å². The quantitative estimate of drug-likeness (QED) is 0.349. The van der Waals surface area contributed by atoms with Crippen molar-refractivity contribution < 1.29 is 4.79 Å². The summed E-state index contributed by atoms with van der Waals surface area (Å²) >= 11 is 0. The Morgan fingerprint density at radius 3 is 2.73 bits per heavy atom. The standard InChI is InChI=1S/C14H22O/c15-13-9-4-2-1-3-6-10-14-11-7-5-8-12-14/h3,5-7,13-14H,1-2,4,8-12H2/b6-3-. The molecule has 0 saturated heterocycles. The first kappa shape index (κ1) is 12.2. The van der Waals surface area contributed by atoms with E-state index in [4.69, 9.17) is 0 Å². The average Bonchev–Trinajstić information content (AvgIpc) is 2.29. The number of carbonyl (C=O) groups excluding carboxylic acids is 1. The topological polar surface area (TPSA) is 17.1 Å². The third-order valence-electron chi connectivity index (χ3n) is 2.96. The van der Waals surface area contributed by atoms with E-state index in [0.717, 1.165) is 37.9 Å². The highest BCUT2D eigenvalue weighted by Gasteiger charge is 2.06. The van der Waals surface area contributed by atoms with Crippen LogP contribution in [-0.2, 0) is 4.79 Å². The Bertz CT molecular complexity index is 215. The molecule has 0 fully saturated rings. The second kappa shape index (κ2) is 8.46. The van der Waals surface area contributed by atoms with Gasteiger partial charge in [-0.25, -0.2) is 0 Å². The second-order valence-corrected chi connectivity index (χ2v) is 4.31. The van der Waals surface area contributed by atoms with E-state index < -0.39 is 0 Å². The molecule has 0 heterocycles. The minimum absolute atomic E-state index is 0.723. The maximum Gasteiger partial charge on any atom is 0.119 e. The minimum Gasteiger partial charge on any atom is -0.303 e. The highest BCUT2D eigenvalue weighted by molar-refractivity contribution is 5.48. The zero-order chi connectivity index (χ0) is 10.8. The van der Waals surface area contributed by atoms with Gasteiger partial charge in [0.1, 0.15) is 6.29 Å². The number of aldehydes is 1. The molecular formula is C14H22O. The Morgan fingerprint density at radius 2 is 2.00 bits per heavy atom. The van der Waals surface area contributed by atoms with E-state index in [1.807, 2.05) is 0 Å². The maximum absolute atomic E-state index is 10.1. The first-order valence-electron chi connectivity index (χ1n) is 6.17. The van der Waals surface area contributed by atoms with Crippen LogP contribution in [0.15, 0.2) is 24.3 Å². The number of hydrogen-bond acceptors (Lipinski definition) is 1. The zero-order valence-corrected chi connectivity index (χ0v) is 9.53. The molecule has 1 aliphatic carbocycles. The van der Waals surface area contributed by atoms with Gasteiger partial charge in [0.2, 0.25) is 0 Å². The molecule has 0 radical (unpaired) electrons. The van der Waals surface area contributed by atoms with E-state index in [2.05, 4.69) is 24.3 Å². The predicted octanol–water partition coefficient (Wildman–Crippen LogP) is 4.05. The van der Waals surface area contributed by atoms with Crippen LogP contribution in [0.1, 0.15) is 51.4 Å². The fourth-order valence-electron chi connectivity index (χ4n) is 1.97. The van der Waals surface area contributed by atoms with Crippen LogP contribution in [0.4, 0.5) is 0 Å². The SMILES string of the molecule is O=CCCCC/C=C\CC1CC=CCC1. The lowest BCUT2D eigenvalue weighted by Crippen LogP contribution is -2.00. The number of unbranched alkanes of at least 4 members (excludes halogenated alkanes) is 3. The number of carbonyl (C=O) groups is 1. The second-order valence-electron chi connectivity index (χ2n) is 4.31. The fraction of sp³-hybridized carbons (Fsp3) is 0.643. The van der Waals surface area contributed by atoms with Crippen LogP contribution in [0.5, 0.6) is 0 Å². The van der Waals surface area contributed by atoms with Crippen molar-refractivity contribution >= 4 is 6.29 Å². The van der Waals surface area contributed by atoms with E-state index in [-0.39, 0.29) is 0 Å². The Kier molecular flexibility index (Phi) is 6.89. The molecule has 0 bridgehead atoms. The Labute approximate surface area is 93.3 Å². The summed E-state index contributed by atoms with van der Waals surface area (Å²) in [5, 5.41) is 0. The highest BCUT2D eigenvalue weighted by atomic mass is 16.1. The molecule has 1 rings (SSSR count). The molecule has 1 atom stereocenters. The molecule has 0 saturated carbocycles. The molecule has 0 aromatic carbocycles. The van der Waals surface area contributed by atoms with Gasteiger partial charge in [0.25, 0.3) is 0 Å². The predicted molar refractivity (Wildman–Crippen MR) is 64.8 cm³/mol. The largest absolute Gasteiger partial charge is 0.303 e. The van der Waals surface area contributed by atoms with Crippen molar-refractivity contribution in [3.05, 3.63) is 24.3 Å². The molecule has 0 aromatic rings. The molecule has 0 aliphatic heterocycles. The van der Waals surface area contributed by atoms with Gasteiger partial charge in [-0.05, 0) is 50.9 Å². The summed E-state index contributed by atoms with van der Waals surface area (Å²) in [5.74, 6) is 0.876. The van der Waals surface area contributed by atoms with Gasteiger partial charge in [0, 0.05) is 6.42 Å². The summed E-state index contributed by atoms with van der Waals surface area (Å²) in [5.41, 5.74) is 0. The van der Waals surface area contributed by atoms with Crippen LogP contribution in [0.3, 0.4) is 0 Å². The number of rotatable bonds is 7. The van der Waals surface area contributed by atoms with E-state index in [1.165, 1.54) is 25.7 Å². The summed E-state index contributed by atoms with van der Waals surface area (Å²) in [7, 11) is 0. The molecule has 0 spiro atoms. The highest BCUT2D eigenvalue weighted by Crippen LogP contribution is 2.21. The monoisotopic (exact) mass is 206 g/mol. The van der Waals surface area contributed by atoms with Crippen LogP contribution in [0.25, 0.3) is 0 Å². The molecule has 0 N–H and O–H groups in total. The molecule has 0 aromatic heterocycles. The first-order chi connectivity index (χ1) is 7.43. The molecule has 15 heavy (non-hydrogen) atoms. The van der Waals surface area contributed by atoms with Gasteiger partial charge in [-0.3, -0.25) is 0 Å². The van der Waals surface area contributed by atoms with Crippen LogP contribution in [0, 0.1) is 5.92 Å². The van der Waals surface area contributed by atoms with Crippen molar-refractivity contribution in [3.63, 3.8) is 0 Å². The van der Waals surface area contributed by atoms with Gasteiger partial charge in [-0.2, -0.15) is 0 Å². The molecule has 1 heteroatoms. The van der Waals surface area contributed by atoms with Crippen molar-refractivity contribution in [3.8, 4) is 0 Å². The van der Waals surface area contributed by atoms with E-state index >= 15 is 0 Å².